The first-order chi connectivity index (χ1) is 6.72. The molecule has 1 saturated carbocycles. The van der Waals surface area contributed by atoms with Gasteiger partial charge in [0.1, 0.15) is 0 Å². The summed E-state index contributed by atoms with van der Waals surface area (Å²) < 4.78 is 12.1. The molecule has 2 rings (SSSR count). The van der Waals surface area contributed by atoms with Crippen molar-refractivity contribution < 1.29 is 4.21 Å². The van der Waals surface area contributed by atoms with E-state index in [2.05, 4.69) is 19.2 Å². The van der Waals surface area contributed by atoms with E-state index in [1.807, 2.05) is 0 Å². The highest BCUT2D eigenvalue weighted by molar-refractivity contribution is 7.86. The Hall–Kier alpha value is 0.110. The third-order valence-corrected chi connectivity index (χ3v) is 5.92. The van der Waals surface area contributed by atoms with Gasteiger partial charge in [0.05, 0.1) is 5.25 Å². The Morgan fingerprint density at radius 1 is 1.43 bits per heavy atom. The minimum absolute atomic E-state index is 0.354. The molecule has 0 radical (unpaired) electrons. The Labute approximate surface area is 89.3 Å². The van der Waals surface area contributed by atoms with Crippen molar-refractivity contribution in [2.45, 2.75) is 56.1 Å². The summed E-state index contributed by atoms with van der Waals surface area (Å²) in [6, 6.07) is 0.551. The smallest absolute Gasteiger partial charge is 0.0507 e. The molecule has 1 aliphatic carbocycles. The average Bonchev–Trinajstić information content (AvgIpc) is 2.23. The first-order valence-electron chi connectivity index (χ1n) is 5.85. The van der Waals surface area contributed by atoms with Crippen molar-refractivity contribution in [3.05, 3.63) is 0 Å². The number of nitrogens with one attached hydrogen (secondary N) is 1. The minimum atomic E-state index is -0.586. The van der Waals surface area contributed by atoms with Crippen LogP contribution < -0.4 is 5.32 Å². The lowest BCUT2D eigenvalue weighted by Gasteiger charge is -2.41. The van der Waals surface area contributed by atoms with E-state index in [-0.39, 0.29) is 0 Å². The lowest BCUT2D eigenvalue weighted by atomic mass is 9.84. The Balaban J connectivity index is 2.05. The number of rotatable bonds is 1. The summed E-state index contributed by atoms with van der Waals surface area (Å²) >= 11 is 0. The van der Waals surface area contributed by atoms with Crippen LogP contribution in [0.5, 0.6) is 0 Å². The summed E-state index contributed by atoms with van der Waals surface area (Å²) in [4.78, 5) is 0. The normalized spacial score (nSPS) is 48.6. The van der Waals surface area contributed by atoms with Crippen molar-refractivity contribution >= 4 is 10.8 Å². The molecular formula is C11H21NOS. The van der Waals surface area contributed by atoms with Gasteiger partial charge < -0.3 is 5.32 Å². The van der Waals surface area contributed by atoms with Crippen LogP contribution in [0.2, 0.25) is 0 Å². The van der Waals surface area contributed by atoms with Crippen LogP contribution in [0.3, 0.4) is 0 Å². The first kappa shape index (κ1) is 10.6. The second kappa shape index (κ2) is 4.31. The molecule has 5 unspecified atom stereocenters. The zero-order valence-electron chi connectivity index (χ0n) is 9.16. The van der Waals surface area contributed by atoms with Crippen LogP contribution in [0, 0.1) is 5.92 Å². The van der Waals surface area contributed by atoms with Crippen LogP contribution in [-0.4, -0.2) is 27.3 Å². The van der Waals surface area contributed by atoms with Crippen LogP contribution in [-0.2, 0) is 10.8 Å². The van der Waals surface area contributed by atoms with Crippen LogP contribution in [0.25, 0.3) is 0 Å². The number of hydrogen-bond donors (Lipinski definition) is 1. The fourth-order valence-corrected chi connectivity index (χ4v) is 4.65. The van der Waals surface area contributed by atoms with Gasteiger partial charge in [0.2, 0.25) is 0 Å². The standard InChI is InChI=1S/C11H21NOS/c1-3-9-4-5-10-11(6-9)14(13)8(2)7-12-10/h8-12H,3-7H2,1-2H3. The van der Waals surface area contributed by atoms with Gasteiger partial charge in [-0.15, -0.1) is 0 Å². The predicted molar refractivity (Wildman–Crippen MR) is 60.8 cm³/mol. The van der Waals surface area contributed by atoms with E-state index in [4.69, 9.17) is 0 Å². The minimum Gasteiger partial charge on any atom is -0.312 e. The molecule has 0 aromatic carbocycles. The van der Waals surface area contributed by atoms with Gasteiger partial charge in [0.15, 0.2) is 0 Å². The zero-order valence-corrected chi connectivity index (χ0v) is 9.98. The maximum atomic E-state index is 12.1. The van der Waals surface area contributed by atoms with Gasteiger partial charge in [-0.3, -0.25) is 4.21 Å². The molecule has 0 spiro atoms. The van der Waals surface area contributed by atoms with Crippen molar-refractivity contribution in [1.29, 1.82) is 0 Å². The van der Waals surface area contributed by atoms with E-state index < -0.39 is 10.8 Å². The first-order valence-corrected chi connectivity index (χ1v) is 7.12. The van der Waals surface area contributed by atoms with Gasteiger partial charge in [0.25, 0.3) is 0 Å². The fourth-order valence-electron chi connectivity index (χ4n) is 2.77. The Morgan fingerprint density at radius 2 is 2.21 bits per heavy atom. The molecule has 2 aliphatic rings. The second-order valence-electron chi connectivity index (χ2n) is 4.78. The van der Waals surface area contributed by atoms with E-state index in [1.54, 1.807) is 0 Å². The molecule has 82 valence electrons. The topological polar surface area (TPSA) is 29.1 Å². The van der Waals surface area contributed by atoms with Crippen LogP contribution in [0.4, 0.5) is 0 Å². The molecule has 0 aromatic rings. The lowest BCUT2D eigenvalue weighted by molar-refractivity contribution is 0.283. The summed E-state index contributed by atoms with van der Waals surface area (Å²) in [5, 5.41) is 4.35. The Bertz CT molecular complexity index is 231. The highest BCUT2D eigenvalue weighted by Crippen LogP contribution is 2.32. The van der Waals surface area contributed by atoms with Crippen molar-refractivity contribution in [3.63, 3.8) is 0 Å². The molecular weight excluding hydrogens is 194 g/mol. The highest BCUT2D eigenvalue weighted by atomic mass is 32.2. The van der Waals surface area contributed by atoms with Crippen molar-refractivity contribution in [2.24, 2.45) is 5.92 Å². The van der Waals surface area contributed by atoms with E-state index in [0.29, 0.717) is 16.5 Å². The van der Waals surface area contributed by atoms with Crippen molar-refractivity contribution in [2.75, 3.05) is 6.54 Å². The predicted octanol–water partition coefficient (Wildman–Crippen LogP) is 1.67. The largest absolute Gasteiger partial charge is 0.312 e. The zero-order chi connectivity index (χ0) is 10.1. The maximum Gasteiger partial charge on any atom is 0.0507 e. The van der Waals surface area contributed by atoms with E-state index in [1.165, 1.54) is 25.7 Å². The molecule has 1 heterocycles. The van der Waals surface area contributed by atoms with Gasteiger partial charge in [-0.25, -0.2) is 0 Å². The molecule has 2 nitrogen and oxygen atoms in total. The molecule has 14 heavy (non-hydrogen) atoms. The third kappa shape index (κ3) is 1.89. The quantitative estimate of drug-likeness (QED) is 0.721. The van der Waals surface area contributed by atoms with E-state index >= 15 is 0 Å². The van der Waals surface area contributed by atoms with Gasteiger partial charge in [-0.05, 0) is 32.1 Å². The van der Waals surface area contributed by atoms with Gasteiger partial charge in [-0.2, -0.15) is 0 Å². The molecule has 5 atom stereocenters. The summed E-state index contributed by atoms with van der Waals surface area (Å²) in [5.74, 6) is 0.826. The summed E-state index contributed by atoms with van der Waals surface area (Å²) in [7, 11) is -0.586. The molecule has 3 heteroatoms. The Kier molecular flexibility index (Phi) is 3.27. The summed E-state index contributed by atoms with van der Waals surface area (Å²) in [5.41, 5.74) is 0. The Morgan fingerprint density at radius 3 is 2.93 bits per heavy atom. The molecule has 0 amide bonds. The highest BCUT2D eigenvalue weighted by Gasteiger charge is 2.38. The molecule has 1 saturated heterocycles. The van der Waals surface area contributed by atoms with Crippen molar-refractivity contribution in [3.8, 4) is 0 Å². The molecule has 2 fully saturated rings. The summed E-state index contributed by atoms with van der Waals surface area (Å²) in [6.45, 7) is 5.31. The maximum absolute atomic E-state index is 12.1. The lowest BCUT2D eigenvalue weighted by Crippen LogP contribution is -2.55. The van der Waals surface area contributed by atoms with Crippen LogP contribution in [0.15, 0.2) is 0 Å². The number of fused-ring (bicyclic) bond motifs is 1. The molecule has 1 aliphatic heterocycles. The third-order valence-electron chi connectivity index (χ3n) is 3.84. The van der Waals surface area contributed by atoms with Gasteiger partial charge in [-0.1, -0.05) is 13.3 Å². The molecule has 0 aromatic heterocycles. The fraction of sp³-hybridized carbons (Fsp3) is 1.00. The van der Waals surface area contributed by atoms with E-state index in [9.17, 15) is 4.21 Å². The second-order valence-corrected chi connectivity index (χ2v) is 6.85. The van der Waals surface area contributed by atoms with Crippen LogP contribution >= 0.6 is 0 Å². The average molecular weight is 215 g/mol. The van der Waals surface area contributed by atoms with Crippen LogP contribution in [0.1, 0.15) is 39.5 Å². The number of hydrogen-bond acceptors (Lipinski definition) is 2. The van der Waals surface area contributed by atoms with Crippen molar-refractivity contribution in [1.82, 2.24) is 5.32 Å². The van der Waals surface area contributed by atoms with E-state index in [0.717, 1.165) is 12.5 Å². The molecule has 0 bridgehead atoms. The monoisotopic (exact) mass is 215 g/mol. The van der Waals surface area contributed by atoms with Gasteiger partial charge in [0, 0.05) is 28.6 Å². The summed E-state index contributed by atoms with van der Waals surface area (Å²) in [6.07, 6.45) is 5.01. The SMILES string of the molecule is CCC1CCC2NCC(C)S(=O)C2C1. The molecule has 1 N–H and O–H groups in total. The van der Waals surface area contributed by atoms with Gasteiger partial charge >= 0.3 is 0 Å².